The van der Waals surface area contributed by atoms with Gasteiger partial charge in [0.15, 0.2) is 0 Å². The van der Waals surface area contributed by atoms with E-state index in [1.54, 1.807) is 30.5 Å². The van der Waals surface area contributed by atoms with Crippen molar-refractivity contribution in [2.24, 2.45) is 5.92 Å². The molecule has 3 heterocycles. The fourth-order valence-corrected chi connectivity index (χ4v) is 4.29. The minimum absolute atomic E-state index is 0.0408. The van der Waals surface area contributed by atoms with E-state index >= 15 is 0 Å². The maximum atomic E-state index is 12.8. The third-order valence-corrected chi connectivity index (χ3v) is 6.24. The molecule has 1 amide bonds. The van der Waals surface area contributed by atoms with Gasteiger partial charge in [-0.1, -0.05) is 18.5 Å². The Labute approximate surface area is 197 Å². The van der Waals surface area contributed by atoms with E-state index in [4.69, 9.17) is 16.3 Å². The number of hydrogen-bond donors (Lipinski definition) is 2. The van der Waals surface area contributed by atoms with Gasteiger partial charge in [0.1, 0.15) is 18.2 Å². The molecule has 2 aromatic heterocycles. The van der Waals surface area contributed by atoms with Gasteiger partial charge in [-0.2, -0.15) is 0 Å². The Balaban J connectivity index is 1.35. The van der Waals surface area contributed by atoms with E-state index in [1.807, 2.05) is 0 Å². The standard InChI is InChI=1S/C24H28ClN5O3/c1-2-9-30-10-6-16(7-11-30)13-27-23(31)19-12-17(3-4-20(19)25)33-15-22-28-21-14-26-8-5-18(21)24(32)29-22/h3-5,8,12,14,16H,2,6-7,9-11,13,15H2,1H3,(H,27,31)(H,28,29,32). The zero-order valence-corrected chi connectivity index (χ0v) is 19.4. The quantitative estimate of drug-likeness (QED) is 0.524. The predicted octanol–water partition coefficient (Wildman–Crippen LogP) is 3.40. The van der Waals surface area contributed by atoms with Crippen molar-refractivity contribution in [3.63, 3.8) is 0 Å². The first-order chi connectivity index (χ1) is 16.0. The highest BCUT2D eigenvalue weighted by Gasteiger charge is 2.20. The van der Waals surface area contributed by atoms with E-state index in [-0.39, 0.29) is 18.1 Å². The highest BCUT2D eigenvalue weighted by atomic mass is 35.5. The third kappa shape index (κ3) is 5.89. The first kappa shape index (κ1) is 23.2. The first-order valence-electron chi connectivity index (χ1n) is 11.3. The zero-order valence-electron chi connectivity index (χ0n) is 18.6. The monoisotopic (exact) mass is 469 g/mol. The average Bonchev–Trinajstić information content (AvgIpc) is 2.83. The second kappa shape index (κ2) is 10.8. The van der Waals surface area contributed by atoms with E-state index in [1.165, 1.54) is 12.6 Å². The van der Waals surface area contributed by atoms with E-state index in [0.717, 1.165) is 32.5 Å². The summed E-state index contributed by atoms with van der Waals surface area (Å²) in [5.74, 6) is 1.09. The van der Waals surface area contributed by atoms with Gasteiger partial charge in [0.25, 0.3) is 11.5 Å². The number of carbonyl (C=O) groups excluding carboxylic acids is 1. The van der Waals surface area contributed by atoms with Crippen LogP contribution in [-0.2, 0) is 6.61 Å². The van der Waals surface area contributed by atoms with E-state index in [0.29, 0.717) is 45.5 Å². The Morgan fingerprint density at radius 1 is 1.30 bits per heavy atom. The second-order valence-corrected chi connectivity index (χ2v) is 8.74. The molecule has 0 atom stereocenters. The average molecular weight is 470 g/mol. The van der Waals surface area contributed by atoms with Crippen LogP contribution in [0.1, 0.15) is 42.4 Å². The normalized spacial score (nSPS) is 15.0. The molecule has 1 aliphatic heterocycles. The maximum Gasteiger partial charge on any atom is 0.258 e. The number of aromatic amines is 1. The molecular formula is C24H28ClN5O3. The number of benzene rings is 1. The molecule has 3 aromatic rings. The highest BCUT2D eigenvalue weighted by molar-refractivity contribution is 6.33. The lowest BCUT2D eigenvalue weighted by molar-refractivity contribution is 0.0936. The van der Waals surface area contributed by atoms with Crippen molar-refractivity contribution in [3.8, 4) is 5.75 Å². The van der Waals surface area contributed by atoms with Crippen LogP contribution >= 0.6 is 11.6 Å². The number of piperidine rings is 1. The molecule has 0 spiro atoms. The molecule has 1 aliphatic rings. The van der Waals surface area contributed by atoms with Gasteiger partial charge < -0.3 is 19.9 Å². The van der Waals surface area contributed by atoms with Crippen molar-refractivity contribution in [2.75, 3.05) is 26.2 Å². The lowest BCUT2D eigenvalue weighted by Crippen LogP contribution is -2.38. The number of ether oxygens (including phenoxy) is 1. The van der Waals surface area contributed by atoms with E-state index in [2.05, 4.69) is 32.1 Å². The van der Waals surface area contributed by atoms with Gasteiger partial charge in [0.05, 0.1) is 27.7 Å². The number of halogens is 1. The minimum atomic E-state index is -0.252. The number of nitrogens with one attached hydrogen (secondary N) is 2. The number of rotatable bonds is 8. The molecule has 1 saturated heterocycles. The van der Waals surface area contributed by atoms with Gasteiger partial charge in [-0.15, -0.1) is 0 Å². The van der Waals surface area contributed by atoms with E-state index in [9.17, 15) is 9.59 Å². The van der Waals surface area contributed by atoms with Crippen molar-refractivity contribution < 1.29 is 9.53 Å². The molecule has 33 heavy (non-hydrogen) atoms. The number of likely N-dealkylation sites (tertiary alicyclic amines) is 1. The second-order valence-electron chi connectivity index (χ2n) is 8.33. The van der Waals surface area contributed by atoms with Crippen molar-refractivity contribution >= 4 is 28.4 Å². The largest absolute Gasteiger partial charge is 0.486 e. The number of carbonyl (C=O) groups is 1. The Kier molecular flexibility index (Phi) is 7.57. The molecule has 4 rings (SSSR count). The van der Waals surface area contributed by atoms with Crippen LogP contribution in [0.2, 0.25) is 5.02 Å². The van der Waals surface area contributed by atoms with Crippen LogP contribution in [0.3, 0.4) is 0 Å². The summed E-state index contributed by atoms with van der Waals surface area (Å²) in [5, 5.41) is 3.85. The number of aromatic nitrogens is 3. The molecule has 9 heteroatoms. The minimum Gasteiger partial charge on any atom is -0.486 e. The first-order valence-corrected chi connectivity index (χ1v) is 11.7. The molecule has 0 saturated carbocycles. The molecule has 2 N–H and O–H groups in total. The van der Waals surface area contributed by atoms with Crippen LogP contribution in [-0.4, -0.2) is 51.9 Å². The van der Waals surface area contributed by atoms with Gasteiger partial charge in [-0.3, -0.25) is 14.6 Å². The Hall–Kier alpha value is -2.97. The molecular weight excluding hydrogens is 442 g/mol. The van der Waals surface area contributed by atoms with Crippen molar-refractivity contribution in [2.45, 2.75) is 32.8 Å². The van der Waals surface area contributed by atoms with Gasteiger partial charge in [-0.05, 0) is 69.1 Å². The van der Waals surface area contributed by atoms with Gasteiger partial charge in [-0.25, -0.2) is 4.98 Å². The van der Waals surface area contributed by atoms with Crippen LogP contribution in [0.15, 0.2) is 41.5 Å². The van der Waals surface area contributed by atoms with Crippen LogP contribution in [0.4, 0.5) is 0 Å². The molecule has 0 aliphatic carbocycles. The summed E-state index contributed by atoms with van der Waals surface area (Å²) < 4.78 is 5.77. The van der Waals surface area contributed by atoms with E-state index < -0.39 is 0 Å². The van der Waals surface area contributed by atoms with Crippen molar-refractivity contribution in [1.29, 1.82) is 0 Å². The van der Waals surface area contributed by atoms with Gasteiger partial charge in [0.2, 0.25) is 0 Å². The lowest BCUT2D eigenvalue weighted by Gasteiger charge is -2.31. The number of hydrogen-bond acceptors (Lipinski definition) is 6. The Morgan fingerprint density at radius 2 is 2.12 bits per heavy atom. The predicted molar refractivity (Wildman–Crippen MR) is 128 cm³/mol. The van der Waals surface area contributed by atoms with Crippen molar-refractivity contribution in [3.05, 3.63) is 63.4 Å². The summed E-state index contributed by atoms with van der Waals surface area (Å²) in [6, 6.07) is 6.55. The number of H-pyrrole nitrogens is 1. The van der Waals surface area contributed by atoms with Gasteiger partial charge >= 0.3 is 0 Å². The maximum absolute atomic E-state index is 12.8. The molecule has 1 aromatic carbocycles. The van der Waals surface area contributed by atoms with Crippen LogP contribution in [0.5, 0.6) is 5.75 Å². The molecule has 1 fully saturated rings. The summed E-state index contributed by atoms with van der Waals surface area (Å²) in [6.45, 7) is 6.18. The summed E-state index contributed by atoms with van der Waals surface area (Å²) in [6.07, 6.45) is 6.42. The lowest BCUT2D eigenvalue weighted by atomic mass is 9.96. The smallest absolute Gasteiger partial charge is 0.258 e. The number of amides is 1. The molecule has 0 unspecified atom stereocenters. The Bertz CT molecular complexity index is 1170. The van der Waals surface area contributed by atoms with Crippen LogP contribution in [0, 0.1) is 5.92 Å². The fraction of sp³-hybridized carbons (Fsp3) is 0.417. The van der Waals surface area contributed by atoms with Crippen LogP contribution < -0.4 is 15.6 Å². The summed E-state index contributed by atoms with van der Waals surface area (Å²) >= 11 is 6.28. The molecule has 174 valence electrons. The fourth-order valence-electron chi connectivity index (χ4n) is 4.09. The van der Waals surface area contributed by atoms with Crippen LogP contribution in [0.25, 0.3) is 10.9 Å². The molecule has 8 nitrogen and oxygen atoms in total. The molecule has 0 radical (unpaired) electrons. The van der Waals surface area contributed by atoms with Gasteiger partial charge in [0, 0.05) is 12.7 Å². The summed E-state index contributed by atoms with van der Waals surface area (Å²) in [5.41, 5.74) is 0.607. The molecule has 0 bridgehead atoms. The number of nitrogens with zero attached hydrogens (tertiary/aromatic N) is 3. The van der Waals surface area contributed by atoms with Crippen molar-refractivity contribution in [1.82, 2.24) is 25.2 Å². The SMILES string of the molecule is CCCN1CCC(CNC(=O)c2cc(OCc3nc4cnccc4c(=O)[nH]3)ccc2Cl)CC1. The summed E-state index contributed by atoms with van der Waals surface area (Å²) in [4.78, 5) is 38.5. The third-order valence-electron chi connectivity index (χ3n) is 5.91. The number of pyridine rings is 1. The zero-order chi connectivity index (χ0) is 23.2. The topological polar surface area (TPSA) is 100 Å². The number of fused-ring (bicyclic) bond motifs is 1. The summed E-state index contributed by atoms with van der Waals surface area (Å²) in [7, 11) is 0. The Morgan fingerprint density at radius 3 is 2.91 bits per heavy atom. The highest BCUT2D eigenvalue weighted by Crippen LogP contribution is 2.23.